The van der Waals surface area contributed by atoms with E-state index < -0.39 is 12.1 Å². The number of halogens is 1. The van der Waals surface area contributed by atoms with E-state index >= 15 is 0 Å². The van der Waals surface area contributed by atoms with Crippen LogP contribution in [0, 0.1) is 5.82 Å². The summed E-state index contributed by atoms with van der Waals surface area (Å²) in [7, 11) is 1.51. The summed E-state index contributed by atoms with van der Waals surface area (Å²) in [5.41, 5.74) is 2.09. The maximum atomic E-state index is 13.0. The van der Waals surface area contributed by atoms with Gasteiger partial charge in [0.2, 0.25) is 0 Å². The number of hydrogen-bond donors (Lipinski definition) is 0. The predicted molar refractivity (Wildman–Crippen MR) is 104 cm³/mol. The summed E-state index contributed by atoms with van der Waals surface area (Å²) in [6.45, 7) is 2.13. The topological polar surface area (TPSA) is 44.8 Å². The molecule has 1 atom stereocenters. The van der Waals surface area contributed by atoms with Gasteiger partial charge in [-0.1, -0.05) is 42.5 Å². The molecule has 144 valence electrons. The van der Waals surface area contributed by atoms with Gasteiger partial charge in [-0.15, -0.1) is 0 Å². The van der Waals surface area contributed by atoms with Crippen LogP contribution in [0.15, 0.2) is 72.8 Å². The van der Waals surface area contributed by atoms with Gasteiger partial charge in [0, 0.05) is 0 Å². The second-order valence-electron chi connectivity index (χ2n) is 6.24. The van der Waals surface area contributed by atoms with E-state index in [9.17, 15) is 9.18 Å². The molecule has 0 bridgehead atoms. The Morgan fingerprint density at radius 3 is 2.36 bits per heavy atom. The van der Waals surface area contributed by atoms with Crippen molar-refractivity contribution in [2.75, 3.05) is 7.11 Å². The Morgan fingerprint density at radius 2 is 1.68 bits per heavy atom. The Kier molecular flexibility index (Phi) is 6.27. The maximum Gasteiger partial charge on any atom is 0.338 e. The maximum absolute atomic E-state index is 13.0. The van der Waals surface area contributed by atoms with Gasteiger partial charge in [0.05, 0.1) is 12.7 Å². The van der Waals surface area contributed by atoms with Crippen molar-refractivity contribution in [3.05, 3.63) is 95.3 Å². The van der Waals surface area contributed by atoms with Gasteiger partial charge in [0.15, 0.2) is 11.5 Å². The summed E-state index contributed by atoms with van der Waals surface area (Å²) in [6, 6.07) is 20.5. The molecule has 0 saturated heterocycles. The minimum Gasteiger partial charge on any atom is -0.493 e. The normalized spacial score (nSPS) is 11.5. The highest BCUT2D eigenvalue weighted by Crippen LogP contribution is 2.30. The molecule has 0 aliphatic carbocycles. The minimum absolute atomic E-state index is 0.335. The van der Waals surface area contributed by atoms with Crippen molar-refractivity contribution in [3.8, 4) is 11.5 Å². The second kappa shape index (κ2) is 9.04. The van der Waals surface area contributed by atoms with Crippen LogP contribution in [0.1, 0.15) is 34.5 Å². The molecule has 3 rings (SSSR count). The number of rotatable bonds is 7. The zero-order valence-electron chi connectivity index (χ0n) is 15.7. The van der Waals surface area contributed by atoms with Gasteiger partial charge in [0.25, 0.3) is 0 Å². The summed E-state index contributed by atoms with van der Waals surface area (Å²) in [5.74, 6) is 0.150. The molecule has 4 nitrogen and oxygen atoms in total. The SMILES string of the molecule is COc1cc(C(=O)O[C@@H](C)c2ccc(F)cc2)ccc1OCc1ccccc1. The molecule has 0 N–H and O–H groups in total. The lowest BCUT2D eigenvalue weighted by molar-refractivity contribution is 0.0337. The fraction of sp³-hybridized carbons (Fsp3) is 0.174. The molecule has 0 radical (unpaired) electrons. The molecule has 0 saturated carbocycles. The zero-order chi connectivity index (χ0) is 19.9. The molecule has 0 aliphatic rings. The quantitative estimate of drug-likeness (QED) is 0.520. The first-order valence-electron chi connectivity index (χ1n) is 8.88. The van der Waals surface area contributed by atoms with Gasteiger partial charge >= 0.3 is 5.97 Å². The van der Waals surface area contributed by atoms with Crippen molar-refractivity contribution in [3.63, 3.8) is 0 Å². The minimum atomic E-state index is -0.506. The third-order valence-electron chi connectivity index (χ3n) is 4.26. The van der Waals surface area contributed by atoms with Gasteiger partial charge in [-0.2, -0.15) is 0 Å². The Bertz CT molecular complexity index is 923. The van der Waals surface area contributed by atoms with Crippen molar-refractivity contribution >= 4 is 5.97 Å². The van der Waals surface area contributed by atoms with E-state index in [0.717, 1.165) is 5.56 Å². The van der Waals surface area contributed by atoms with Crippen LogP contribution in [-0.4, -0.2) is 13.1 Å². The zero-order valence-corrected chi connectivity index (χ0v) is 15.7. The van der Waals surface area contributed by atoms with Crippen LogP contribution in [0.3, 0.4) is 0 Å². The van der Waals surface area contributed by atoms with Crippen molar-refractivity contribution in [2.45, 2.75) is 19.6 Å². The van der Waals surface area contributed by atoms with Crippen LogP contribution in [0.5, 0.6) is 11.5 Å². The molecular weight excluding hydrogens is 359 g/mol. The van der Waals surface area contributed by atoms with Crippen molar-refractivity contribution < 1.29 is 23.4 Å². The van der Waals surface area contributed by atoms with E-state index in [1.54, 1.807) is 37.3 Å². The highest BCUT2D eigenvalue weighted by atomic mass is 19.1. The van der Waals surface area contributed by atoms with Crippen LogP contribution >= 0.6 is 0 Å². The van der Waals surface area contributed by atoms with E-state index in [1.807, 2.05) is 30.3 Å². The Hall–Kier alpha value is -3.34. The summed E-state index contributed by atoms with van der Waals surface area (Å²) in [4.78, 5) is 12.5. The number of methoxy groups -OCH3 is 1. The standard InChI is InChI=1S/C23H21FO4/c1-16(18-8-11-20(24)12-9-18)28-23(25)19-10-13-21(22(14-19)26-2)27-15-17-6-4-3-5-7-17/h3-14,16H,15H2,1-2H3/t16-/m0/s1. The molecule has 0 amide bonds. The number of esters is 1. The average Bonchev–Trinajstić information content (AvgIpc) is 2.73. The van der Waals surface area contributed by atoms with Crippen molar-refractivity contribution in [1.29, 1.82) is 0 Å². The van der Waals surface area contributed by atoms with E-state index in [1.165, 1.54) is 19.2 Å². The first-order valence-corrected chi connectivity index (χ1v) is 8.88. The summed E-state index contributed by atoms with van der Waals surface area (Å²) >= 11 is 0. The molecule has 0 heterocycles. The molecule has 0 aromatic heterocycles. The molecule has 3 aromatic carbocycles. The number of hydrogen-bond acceptors (Lipinski definition) is 4. The summed E-state index contributed by atoms with van der Waals surface area (Å²) < 4.78 is 29.7. The van der Waals surface area contributed by atoms with Crippen LogP contribution in [0.25, 0.3) is 0 Å². The largest absolute Gasteiger partial charge is 0.493 e. The summed E-state index contributed by atoms with van der Waals surface area (Å²) in [5, 5.41) is 0. The van der Waals surface area contributed by atoms with E-state index in [-0.39, 0.29) is 5.82 Å². The molecule has 0 spiro atoms. The highest BCUT2D eigenvalue weighted by molar-refractivity contribution is 5.90. The number of benzene rings is 3. The molecule has 0 aliphatic heterocycles. The first-order chi connectivity index (χ1) is 13.6. The Balaban J connectivity index is 1.68. The van der Waals surface area contributed by atoms with Crippen molar-refractivity contribution in [1.82, 2.24) is 0 Å². The van der Waals surface area contributed by atoms with Crippen LogP contribution < -0.4 is 9.47 Å². The summed E-state index contributed by atoms with van der Waals surface area (Å²) in [6.07, 6.45) is -0.506. The molecule has 3 aromatic rings. The van der Waals surface area contributed by atoms with E-state index in [2.05, 4.69) is 0 Å². The van der Waals surface area contributed by atoms with Gasteiger partial charge < -0.3 is 14.2 Å². The van der Waals surface area contributed by atoms with Crippen LogP contribution in [0.2, 0.25) is 0 Å². The molecule has 28 heavy (non-hydrogen) atoms. The molecule has 0 fully saturated rings. The third kappa shape index (κ3) is 4.88. The lowest BCUT2D eigenvalue weighted by Crippen LogP contribution is -2.10. The first kappa shape index (κ1) is 19.4. The Labute approximate surface area is 163 Å². The highest BCUT2D eigenvalue weighted by Gasteiger charge is 2.16. The smallest absolute Gasteiger partial charge is 0.338 e. The molecule has 5 heteroatoms. The second-order valence-corrected chi connectivity index (χ2v) is 6.24. The lowest BCUT2D eigenvalue weighted by Gasteiger charge is -2.15. The van der Waals surface area contributed by atoms with Gasteiger partial charge in [-0.05, 0) is 48.4 Å². The van der Waals surface area contributed by atoms with Crippen LogP contribution in [-0.2, 0) is 11.3 Å². The van der Waals surface area contributed by atoms with Gasteiger partial charge in [-0.3, -0.25) is 0 Å². The fourth-order valence-electron chi connectivity index (χ4n) is 2.68. The monoisotopic (exact) mass is 380 g/mol. The number of carbonyl (C=O) groups excluding carboxylic acids is 1. The lowest BCUT2D eigenvalue weighted by atomic mass is 10.1. The van der Waals surface area contributed by atoms with Gasteiger partial charge in [0.1, 0.15) is 18.5 Å². The third-order valence-corrected chi connectivity index (χ3v) is 4.26. The van der Waals surface area contributed by atoms with Crippen molar-refractivity contribution in [2.24, 2.45) is 0 Å². The average molecular weight is 380 g/mol. The molecule has 0 unspecified atom stereocenters. The number of carbonyl (C=O) groups is 1. The van der Waals surface area contributed by atoms with Crippen LogP contribution in [0.4, 0.5) is 4.39 Å². The predicted octanol–water partition coefficient (Wildman–Crippen LogP) is 5.33. The fourth-order valence-corrected chi connectivity index (χ4v) is 2.68. The Morgan fingerprint density at radius 1 is 0.964 bits per heavy atom. The number of ether oxygens (including phenoxy) is 3. The van der Waals surface area contributed by atoms with Gasteiger partial charge in [-0.25, -0.2) is 9.18 Å². The van der Waals surface area contributed by atoms with E-state index in [0.29, 0.717) is 29.2 Å². The van der Waals surface area contributed by atoms with E-state index in [4.69, 9.17) is 14.2 Å². The molecular formula is C23H21FO4.